The molecule has 0 aromatic carbocycles. The molecule has 1 aromatic heterocycles. The summed E-state index contributed by atoms with van der Waals surface area (Å²) in [4.78, 5) is 1.41. The van der Waals surface area contributed by atoms with Gasteiger partial charge >= 0.3 is 0 Å². The lowest BCUT2D eigenvalue weighted by atomic mass is 10.0. The van der Waals surface area contributed by atoms with Gasteiger partial charge < -0.3 is 5.32 Å². The zero-order valence-corrected chi connectivity index (χ0v) is 14.0. The van der Waals surface area contributed by atoms with Crippen LogP contribution in [-0.2, 0) is 0 Å². The summed E-state index contributed by atoms with van der Waals surface area (Å²) in [6, 6.07) is 2.71. The average molecular weight is 369 g/mol. The van der Waals surface area contributed by atoms with Crippen LogP contribution >= 0.6 is 43.2 Å². The molecule has 1 N–H and O–H groups in total. The van der Waals surface area contributed by atoms with E-state index >= 15 is 0 Å². The molecule has 1 rings (SSSR count). The molecular formula is C12H19Br2NS. The van der Waals surface area contributed by atoms with Gasteiger partial charge in [-0.2, -0.15) is 0 Å². The average Bonchev–Trinajstić information content (AvgIpc) is 2.53. The third kappa shape index (κ3) is 4.47. The second-order valence-corrected chi connectivity index (χ2v) is 7.69. The van der Waals surface area contributed by atoms with Crippen LogP contribution in [0.5, 0.6) is 0 Å². The summed E-state index contributed by atoms with van der Waals surface area (Å²) < 4.78 is 2.35. The first-order chi connectivity index (χ1) is 7.54. The second-order valence-electron chi connectivity index (χ2n) is 4.44. The topological polar surface area (TPSA) is 12.0 Å². The Balaban J connectivity index is 2.53. The van der Waals surface area contributed by atoms with Crippen LogP contribution in [0.3, 0.4) is 0 Å². The largest absolute Gasteiger partial charge is 0.312 e. The molecule has 0 saturated carbocycles. The van der Waals surface area contributed by atoms with Crippen molar-refractivity contribution in [1.29, 1.82) is 0 Å². The van der Waals surface area contributed by atoms with Crippen molar-refractivity contribution in [2.24, 2.45) is 5.92 Å². The van der Waals surface area contributed by atoms with E-state index in [9.17, 15) is 0 Å². The standard InChI is InChI=1S/C12H19Br2NS/c1-8(2)5-4-6-10(15-3)11-7-9(13)12(14)16-11/h7-8,10,15H,4-6H2,1-3H3. The van der Waals surface area contributed by atoms with Crippen molar-refractivity contribution in [3.8, 4) is 0 Å². The molecule has 1 unspecified atom stereocenters. The van der Waals surface area contributed by atoms with Gasteiger partial charge in [0.15, 0.2) is 0 Å². The van der Waals surface area contributed by atoms with Gasteiger partial charge in [0.1, 0.15) is 0 Å². The first-order valence-electron chi connectivity index (χ1n) is 5.66. The smallest absolute Gasteiger partial charge is 0.0843 e. The summed E-state index contributed by atoms with van der Waals surface area (Å²) >= 11 is 8.90. The molecular weight excluding hydrogens is 350 g/mol. The summed E-state index contributed by atoms with van der Waals surface area (Å²) in [6.07, 6.45) is 3.82. The van der Waals surface area contributed by atoms with Gasteiger partial charge in [-0.25, -0.2) is 0 Å². The number of rotatable bonds is 6. The van der Waals surface area contributed by atoms with Crippen LogP contribution < -0.4 is 5.32 Å². The molecule has 16 heavy (non-hydrogen) atoms. The van der Waals surface area contributed by atoms with Crippen LogP contribution in [0, 0.1) is 5.92 Å². The van der Waals surface area contributed by atoms with Crippen molar-refractivity contribution < 1.29 is 0 Å². The Morgan fingerprint density at radius 2 is 2.00 bits per heavy atom. The third-order valence-corrected chi connectivity index (χ3v) is 6.00. The fourth-order valence-corrected chi connectivity index (χ4v) is 3.93. The quantitative estimate of drug-likeness (QED) is 0.712. The fourth-order valence-electron chi connectivity index (χ4n) is 1.69. The lowest BCUT2D eigenvalue weighted by Crippen LogP contribution is -2.15. The highest BCUT2D eigenvalue weighted by Crippen LogP contribution is 2.36. The summed E-state index contributed by atoms with van der Waals surface area (Å²) in [5.41, 5.74) is 0. The zero-order valence-electron chi connectivity index (χ0n) is 10.0. The molecule has 1 nitrogen and oxygen atoms in total. The Kier molecular flexibility index (Phi) is 6.55. The maximum absolute atomic E-state index is 3.55. The van der Waals surface area contributed by atoms with Gasteiger partial charge in [-0.3, -0.25) is 0 Å². The highest BCUT2D eigenvalue weighted by molar-refractivity contribution is 9.13. The summed E-state index contributed by atoms with van der Waals surface area (Å²) in [5.74, 6) is 0.805. The van der Waals surface area contributed by atoms with E-state index in [0.717, 1.165) is 10.4 Å². The minimum atomic E-state index is 0.492. The lowest BCUT2D eigenvalue weighted by molar-refractivity contribution is 0.474. The minimum absolute atomic E-state index is 0.492. The van der Waals surface area contributed by atoms with Gasteiger partial charge in [-0.05, 0) is 57.3 Å². The molecule has 0 radical (unpaired) electrons. The highest BCUT2D eigenvalue weighted by atomic mass is 79.9. The molecule has 1 aromatic rings. The SMILES string of the molecule is CNC(CCCC(C)C)c1cc(Br)c(Br)s1. The van der Waals surface area contributed by atoms with Crippen LogP contribution in [0.4, 0.5) is 0 Å². The van der Waals surface area contributed by atoms with Crippen molar-refractivity contribution in [2.45, 2.75) is 39.2 Å². The van der Waals surface area contributed by atoms with Crippen LogP contribution in [0.2, 0.25) is 0 Å². The predicted octanol–water partition coefficient (Wildman–Crippen LogP) is 5.36. The van der Waals surface area contributed by atoms with Gasteiger partial charge in [0.25, 0.3) is 0 Å². The van der Waals surface area contributed by atoms with Gasteiger partial charge in [0.05, 0.1) is 3.79 Å². The molecule has 0 aliphatic rings. The zero-order chi connectivity index (χ0) is 12.1. The van der Waals surface area contributed by atoms with Gasteiger partial charge in [0.2, 0.25) is 0 Å². The van der Waals surface area contributed by atoms with E-state index in [1.807, 2.05) is 18.4 Å². The van der Waals surface area contributed by atoms with E-state index in [1.54, 1.807) is 0 Å². The maximum atomic E-state index is 3.55. The molecule has 0 aliphatic heterocycles. The highest BCUT2D eigenvalue weighted by Gasteiger charge is 2.13. The molecule has 0 fully saturated rings. The first kappa shape index (κ1) is 14.7. The summed E-state index contributed by atoms with van der Waals surface area (Å²) in [5, 5.41) is 3.40. The number of thiophene rings is 1. The predicted molar refractivity (Wildman–Crippen MR) is 80.2 cm³/mol. The van der Waals surface area contributed by atoms with Crippen LogP contribution in [-0.4, -0.2) is 7.05 Å². The third-order valence-electron chi connectivity index (χ3n) is 2.63. The lowest BCUT2D eigenvalue weighted by Gasteiger charge is -2.14. The Morgan fingerprint density at radius 3 is 2.44 bits per heavy atom. The monoisotopic (exact) mass is 367 g/mol. The number of hydrogen-bond donors (Lipinski definition) is 1. The summed E-state index contributed by atoms with van der Waals surface area (Å²) in [6.45, 7) is 4.57. The molecule has 0 saturated heterocycles. The number of halogens is 2. The molecule has 0 aliphatic carbocycles. The fraction of sp³-hybridized carbons (Fsp3) is 0.667. The molecule has 0 spiro atoms. The minimum Gasteiger partial charge on any atom is -0.312 e. The van der Waals surface area contributed by atoms with Crippen molar-refractivity contribution in [2.75, 3.05) is 7.05 Å². The van der Waals surface area contributed by atoms with Crippen molar-refractivity contribution in [1.82, 2.24) is 5.32 Å². The number of nitrogens with one attached hydrogen (secondary N) is 1. The Hall–Kier alpha value is 0.620. The van der Waals surface area contributed by atoms with Crippen molar-refractivity contribution in [3.63, 3.8) is 0 Å². The molecule has 92 valence electrons. The van der Waals surface area contributed by atoms with Gasteiger partial charge in [0, 0.05) is 15.4 Å². The number of hydrogen-bond acceptors (Lipinski definition) is 2. The van der Waals surface area contributed by atoms with Crippen molar-refractivity contribution in [3.05, 3.63) is 19.2 Å². The van der Waals surface area contributed by atoms with Crippen LogP contribution in [0.15, 0.2) is 14.3 Å². The Bertz CT molecular complexity index is 303. The molecule has 1 atom stereocenters. The van der Waals surface area contributed by atoms with E-state index in [-0.39, 0.29) is 0 Å². The van der Waals surface area contributed by atoms with Gasteiger partial charge in [-0.1, -0.05) is 26.7 Å². The Morgan fingerprint density at radius 1 is 1.31 bits per heavy atom. The van der Waals surface area contributed by atoms with E-state index in [4.69, 9.17) is 0 Å². The summed E-state index contributed by atoms with van der Waals surface area (Å²) in [7, 11) is 2.04. The van der Waals surface area contributed by atoms with Crippen molar-refractivity contribution >= 4 is 43.2 Å². The second kappa shape index (κ2) is 7.14. The van der Waals surface area contributed by atoms with E-state index < -0.39 is 0 Å². The maximum Gasteiger partial charge on any atom is 0.0843 e. The normalized spacial score (nSPS) is 13.4. The molecule has 1 heterocycles. The van der Waals surface area contributed by atoms with E-state index in [2.05, 4.69) is 57.1 Å². The first-order valence-corrected chi connectivity index (χ1v) is 8.06. The molecule has 4 heteroatoms. The molecule has 0 bridgehead atoms. The van der Waals surface area contributed by atoms with E-state index in [0.29, 0.717) is 6.04 Å². The van der Waals surface area contributed by atoms with Crippen LogP contribution in [0.1, 0.15) is 44.0 Å². The van der Waals surface area contributed by atoms with Crippen LogP contribution in [0.25, 0.3) is 0 Å². The Labute approximate surface area is 119 Å². The molecule has 0 amide bonds. The van der Waals surface area contributed by atoms with Gasteiger partial charge in [-0.15, -0.1) is 11.3 Å². The van der Waals surface area contributed by atoms with E-state index in [1.165, 1.54) is 27.9 Å².